The van der Waals surface area contributed by atoms with E-state index in [1.165, 1.54) is 65.9 Å². The summed E-state index contributed by atoms with van der Waals surface area (Å²) in [6.07, 6.45) is 1.22. The number of hydrogen-bond donors (Lipinski definition) is 0. The number of benzene rings is 8. The van der Waals surface area contributed by atoms with Crippen molar-refractivity contribution < 1.29 is 8.83 Å². The van der Waals surface area contributed by atoms with Gasteiger partial charge in [-0.15, -0.1) is 0 Å². The lowest BCUT2D eigenvalue weighted by Gasteiger charge is -2.22. The summed E-state index contributed by atoms with van der Waals surface area (Å²) in [7, 11) is 0. The van der Waals surface area contributed by atoms with E-state index in [4.69, 9.17) is 13.8 Å². The molecule has 0 aliphatic heterocycles. The van der Waals surface area contributed by atoms with Crippen LogP contribution in [-0.2, 0) is 0 Å². The highest BCUT2D eigenvalue weighted by molar-refractivity contribution is 6.35. The summed E-state index contributed by atoms with van der Waals surface area (Å²) in [5, 5.41) is 12.3. The molecular weight excluding hydrogens is 733 g/mol. The van der Waals surface area contributed by atoms with Gasteiger partial charge in [-0.2, -0.15) is 0 Å². The average molecular weight is 787 g/mol. The second-order valence-corrected chi connectivity index (χ2v) is 15.8. The highest BCUT2D eigenvalue weighted by atomic mass is 16.3. The quantitative estimate of drug-likeness (QED) is 0.129. The van der Waals surface area contributed by atoms with Crippen LogP contribution in [0.5, 0.6) is 0 Å². The van der Waals surface area contributed by atoms with Crippen molar-refractivity contribution >= 4 is 98.5 Å². The van der Waals surface area contributed by atoms with E-state index < -0.39 is 0 Å². The Hall–Kier alpha value is -6.65. The van der Waals surface area contributed by atoms with E-state index in [0.717, 1.165) is 50.1 Å². The van der Waals surface area contributed by atoms with Crippen LogP contribution in [0.25, 0.3) is 92.8 Å². The van der Waals surface area contributed by atoms with E-state index in [2.05, 4.69) is 167 Å². The van der Waals surface area contributed by atoms with Crippen molar-refractivity contribution in [3.8, 4) is 0 Å². The van der Waals surface area contributed by atoms with Crippen LogP contribution in [0.2, 0.25) is 0 Å². The second-order valence-electron chi connectivity index (χ2n) is 15.8. The fourth-order valence-corrected chi connectivity index (χ4v) is 8.54. The van der Waals surface area contributed by atoms with Crippen LogP contribution in [0, 0.1) is 5.92 Å². The fraction of sp³-hybridized carbons (Fsp3) is 0.196. The van der Waals surface area contributed by atoms with Crippen molar-refractivity contribution in [2.24, 2.45) is 10.9 Å². The van der Waals surface area contributed by atoms with E-state index >= 15 is 0 Å². The molecule has 0 fully saturated rings. The maximum absolute atomic E-state index is 6.31. The minimum absolute atomic E-state index is 0.0304. The number of allylic oxidation sites excluding steroid dienone is 1. The standard InChI is InChI=1S/C36H28N2O.C15H12O.C3H8.C2H6/c1-21(2)36(37-22(3)23-11-5-4-6-12-23)38-30-16-9-14-25-27-19-29-24-13-7-8-18-32(24)39-33(29)20-28(27)26-15-10-17-31(38)35(26)34(25)30;1-10(2)11-7-8-13-12-5-3-4-6-14(12)16-15(13)9-11;1-3-2;1-2/h4-21,36H,1-3H3;3-9H,1H2,2H3;3H2,1-2H3;1-2H3/b37-22+;;;. The Labute approximate surface area is 352 Å². The lowest BCUT2D eigenvalue weighted by atomic mass is 9.93. The smallest absolute Gasteiger partial charge is 0.136 e. The zero-order chi connectivity index (χ0) is 42.1. The van der Waals surface area contributed by atoms with Crippen molar-refractivity contribution in [1.82, 2.24) is 4.57 Å². The first-order chi connectivity index (χ1) is 29.3. The molecule has 3 aromatic heterocycles. The summed E-state index contributed by atoms with van der Waals surface area (Å²) in [6, 6.07) is 51.2. The number of furan rings is 2. The molecule has 0 saturated heterocycles. The van der Waals surface area contributed by atoms with Crippen molar-refractivity contribution in [2.45, 2.75) is 68.0 Å². The van der Waals surface area contributed by atoms with Crippen molar-refractivity contribution in [3.63, 3.8) is 0 Å². The normalized spacial score (nSPS) is 12.3. The van der Waals surface area contributed by atoms with Crippen LogP contribution in [0.4, 0.5) is 0 Å². The first-order valence-electron chi connectivity index (χ1n) is 21.5. The molecule has 0 saturated carbocycles. The number of aliphatic imine (C=N–C) groups is 1. The monoisotopic (exact) mass is 786 g/mol. The van der Waals surface area contributed by atoms with Gasteiger partial charge in [0.1, 0.15) is 28.5 Å². The summed E-state index contributed by atoms with van der Waals surface area (Å²) in [4.78, 5) is 5.35. The Morgan fingerprint density at radius 1 is 0.517 bits per heavy atom. The number of para-hydroxylation sites is 2. The first kappa shape index (κ1) is 40.1. The van der Waals surface area contributed by atoms with Gasteiger partial charge >= 0.3 is 0 Å². The third-order valence-electron chi connectivity index (χ3n) is 11.2. The maximum atomic E-state index is 6.31. The summed E-state index contributed by atoms with van der Waals surface area (Å²) < 4.78 is 14.6. The molecule has 4 nitrogen and oxygen atoms in total. The highest BCUT2D eigenvalue weighted by Crippen LogP contribution is 2.46. The Balaban J connectivity index is 0.000000197. The molecule has 11 aromatic rings. The predicted octanol–water partition coefficient (Wildman–Crippen LogP) is 17.2. The Morgan fingerprint density at radius 2 is 1.00 bits per heavy atom. The molecular formula is C56H54N2O2. The number of hydrogen-bond acceptors (Lipinski definition) is 3. The molecule has 0 aliphatic carbocycles. The topological polar surface area (TPSA) is 43.6 Å². The van der Waals surface area contributed by atoms with Gasteiger partial charge in [-0.25, -0.2) is 0 Å². The minimum Gasteiger partial charge on any atom is -0.456 e. The van der Waals surface area contributed by atoms with Gasteiger partial charge in [0.2, 0.25) is 0 Å². The van der Waals surface area contributed by atoms with Gasteiger partial charge < -0.3 is 13.4 Å². The number of fused-ring (bicyclic) bond motifs is 9. The fourth-order valence-electron chi connectivity index (χ4n) is 8.54. The molecule has 4 heteroatoms. The number of rotatable bonds is 5. The third-order valence-corrected chi connectivity index (χ3v) is 11.2. The highest BCUT2D eigenvalue weighted by Gasteiger charge is 2.25. The molecule has 1 unspecified atom stereocenters. The number of nitrogens with zero attached hydrogens (tertiary/aromatic N) is 2. The van der Waals surface area contributed by atoms with Gasteiger partial charge in [-0.1, -0.05) is 157 Å². The number of aromatic nitrogens is 1. The van der Waals surface area contributed by atoms with Crippen molar-refractivity contribution in [2.75, 3.05) is 0 Å². The summed E-state index contributed by atoms with van der Waals surface area (Å²) >= 11 is 0. The lowest BCUT2D eigenvalue weighted by molar-refractivity contribution is 0.410. The minimum atomic E-state index is -0.0304. The molecule has 300 valence electrons. The molecule has 8 aromatic carbocycles. The van der Waals surface area contributed by atoms with E-state index in [-0.39, 0.29) is 6.17 Å². The third kappa shape index (κ3) is 7.00. The van der Waals surface area contributed by atoms with Crippen LogP contribution in [-0.4, -0.2) is 10.3 Å². The van der Waals surface area contributed by atoms with E-state index in [1.54, 1.807) is 0 Å². The van der Waals surface area contributed by atoms with E-state index in [0.29, 0.717) is 5.92 Å². The van der Waals surface area contributed by atoms with Crippen LogP contribution in [0.3, 0.4) is 0 Å². The molecule has 3 heterocycles. The Bertz CT molecular complexity index is 3300. The maximum Gasteiger partial charge on any atom is 0.136 e. The van der Waals surface area contributed by atoms with Gasteiger partial charge in [-0.05, 0) is 101 Å². The van der Waals surface area contributed by atoms with Crippen LogP contribution in [0.1, 0.15) is 79.1 Å². The largest absolute Gasteiger partial charge is 0.456 e. The van der Waals surface area contributed by atoms with Crippen LogP contribution in [0.15, 0.2) is 166 Å². The van der Waals surface area contributed by atoms with Gasteiger partial charge in [0.15, 0.2) is 0 Å². The average Bonchev–Trinajstić information content (AvgIpc) is 3.95. The van der Waals surface area contributed by atoms with Crippen molar-refractivity contribution in [3.05, 3.63) is 163 Å². The Morgan fingerprint density at radius 3 is 1.57 bits per heavy atom. The van der Waals surface area contributed by atoms with Gasteiger partial charge in [-0.3, -0.25) is 4.99 Å². The molecule has 0 bridgehead atoms. The Kier molecular flexibility index (Phi) is 11.3. The molecule has 0 radical (unpaired) electrons. The molecule has 0 amide bonds. The van der Waals surface area contributed by atoms with Gasteiger partial charge in [0.25, 0.3) is 0 Å². The van der Waals surface area contributed by atoms with Gasteiger partial charge in [0.05, 0.1) is 11.0 Å². The van der Waals surface area contributed by atoms with E-state index in [1.807, 2.05) is 45.0 Å². The zero-order valence-corrected chi connectivity index (χ0v) is 36.1. The second kappa shape index (κ2) is 16.9. The summed E-state index contributed by atoms with van der Waals surface area (Å²) in [5.41, 5.74) is 10.6. The lowest BCUT2D eigenvalue weighted by Crippen LogP contribution is -2.15. The summed E-state index contributed by atoms with van der Waals surface area (Å²) in [5.74, 6) is 0.312. The molecule has 0 spiro atoms. The first-order valence-corrected chi connectivity index (χ1v) is 21.5. The van der Waals surface area contributed by atoms with Gasteiger partial charge in [0, 0.05) is 38.0 Å². The van der Waals surface area contributed by atoms with Crippen LogP contribution < -0.4 is 0 Å². The van der Waals surface area contributed by atoms with Crippen molar-refractivity contribution in [1.29, 1.82) is 0 Å². The SMILES string of the molecule is C/C(=N\C(C(C)C)n1c2cccc3c4cc5oc6ccccc6c5cc4c4cccc1c4c32)c1ccccc1.C=C(C)c1ccc2c(c1)oc1ccccc12.CC.CCC. The predicted molar refractivity (Wildman–Crippen MR) is 261 cm³/mol. The molecule has 11 rings (SSSR count). The molecule has 0 N–H and O–H groups in total. The van der Waals surface area contributed by atoms with Crippen LogP contribution >= 0.6 is 0 Å². The summed E-state index contributed by atoms with van der Waals surface area (Å²) in [6.45, 7) is 20.9. The van der Waals surface area contributed by atoms with E-state index in [9.17, 15) is 0 Å². The zero-order valence-electron chi connectivity index (χ0n) is 36.1. The molecule has 1 atom stereocenters. The molecule has 0 aliphatic rings. The molecule has 60 heavy (non-hydrogen) atoms.